The molecule has 2 heterocycles. The number of hydrogen-bond acceptors (Lipinski definition) is 4. The van der Waals surface area contributed by atoms with Crippen LogP contribution in [0.15, 0.2) is 12.1 Å². The van der Waals surface area contributed by atoms with Gasteiger partial charge in [-0.1, -0.05) is 0 Å². The number of aromatic nitrogens is 3. The summed E-state index contributed by atoms with van der Waals surface area (Å²) < 4.78 is 5.29. The van der Waals surface area contributed by atoms with Crippen LogP contribution in [0.1, 0.15) is 25.7 Å². The lowest BCUT2D eigenvalue weighted by molar-refractivity contribution is 0.328. The van der Waals surface area contributed by atoms with Gasteiger partial charge in [0.1, 0.15) is 5.82 Å². The molecule has 15 heavy (non-hydrogen) atoms. The van der Waals surface area contributed by atoms with Gasteiger partial charge in [-0.3, -0.25) is 0 Å². The van der Waals surface area contributed by atoms with E-state index < -0.39 is 0 Å². The van der Waals surface area contributed by atoms with Crippen LogP contribution >= 0.6 is 0 Å². The molecular formula is C10H14N4O. The average Bonchev–Trinajstić information content (AvgIpc) is 2.61. The van der Waals surface area contributed by atoms with Gasteiger partial charge in [0.2, 0.25) is 5.88 Å². The fraction of sp³-hybridized carbons (Fsp3) is 0.400. The summed E-state index contributed by atoms with van der Waals surface area (Å²) in [5.74, 6) is 1.33. The first kappa shape index (κ1) is 9.92. The number of H-pyrrole nitrogens is 1. The smallest absolute Gasteiger partial charge is 0.215 e. The predicted octanol–water partition coefficient (Wildman–Crippen LogP) is 1.38. The molecule has 0 bridgehead atoms. The van der Waals surface area contributed by atoms with Crippen LogP contribution in [0.5, 0.6) is 5.88 Å². The van der Waals surface area contributed by atoms with Gasteiger partial charge in [0.05, 0.1) is 18.2 Å². The monoisotopic (exact) mass is 206 g/mol. The van der Waals surface area contributed by atoms with Crippen molar-refractivity contribution in [3.8, 4) is 5.88 Å². The summed E-state index contributed by atoms with van der Waals surface area (Å²) in [6.45, 7) is 4.40. The fourth-order valence-electron chi connectivity index (χ4n) is 1.34. The number of hydrogen-bond donors (Lipinski definition) is 2. The minimum atomic E-state index is -0.116. The van der Waals surface area contributed by atoms with Gasteiger partial charge < -0.3 is 15.5 Å². The first-order valence-corrected chi connectivity index (χ1v) is 4.95. The van der Waals surface area contributed by atoms with E-state index in [9.17, 15) is 0 Å². The molecule has 0 saturated carbocycles. The summed E-state index contributed by atoms with van der Waals surface area (Å²) in [5.41, 5.74) is 7.25. The second-order valence-electron chi connectivity index (χ2n) is 3.36. The van der Waals surface area contributed by atoms with Gasteiger partial charge in [-0.05, 0) is 19.9 Å². The molecule has 0 aliphatic rings. The molecule has 2 aromatic heterocycles. The van der Waals surface area contributed by atoms with E-state index in [1.807, 2.05) is 26.0 Å². The van der Waals surface area contributed by atoms with Crippen molar-refractivity contribution in [1.29, 1.82) is 0 Å². The molecule has 80 valence electrons. The molecule has 2 aromatic rings. The zero-order valence-corrected chi connectivity index (χ0v) is 8.82. The van der Waals surface area contributed by atoms with Crippen molar-refractivity contribution < 1.29 is 4.74 Å². The summed E-state index contributed by atoms with van der Waals surface area (Å²) in [5, 5.41) is 0. The number of rotatable bonds is 3. The molecule has 0 spiro atoms. The Morgan fingerprint density at radius 1 is 1.47 bits per heavy atom. The third-order valence-electron chi connectivity index (χ3n) is 2.06. The highest BCUT2D eigenvalue weighted by Crippen LogP contribution is 2.16. The molecule has 0 saturated heterocycles. The third-order valence-corrected chi connectivity index (χ3v) is 2.06. The lowest BCUT2D eigenvalue weighted by atomic mass is 10.3. The summed E-state index contributed by atoms with van der Waals surface area (Å²) in [6, 6.07) is 3.59. The number of imidazole rings is 1. The molecular weight excluding hydrogens is 192 g/mol. The lowest BCUT2D eigenvalue weighted by Gasteiger charge is -1.99. The van der Waals surface area contributed by atoms with Gasteiger partial charge in [0.25, 0.3) is 0 Å². The Balaban J connectivity index is 2.43. The largest absolute Gasteiger partial charge is 0.478 e. The van der Waals surface area contributed by atoms with Crippen LogP contribution in [-0.2, 0) is 0 Å². The average molecular weight is 206 g/mol. The molecule has 1 unspecified atom stereocenters. The van der Waals surface area contributed by atoms with E-state index in [0.717, 1.165) is 11.3 Å². The van der Waals surface area contributed by atoms with E-state index in [1.54, 1.807) is 0 Å². The van der Waals surface area contributed by atoms with Crippen LogP contribution in [0.4, 0.5) is 0 Å². The zero-order chi connectivity index (χ0) is 10.8. The van der Waals surface area contributed by atoms with Crippen molar-refractivity contribution in [2.75, 3.05) is 6.61 Å². The van der Waals surface area contributed by atoms with Gasteiger partial charge in [0.15, 0.2) is 5.65 Å². The summed E-state index contributed by atoms with van der Waals surface area (Å²) in [4.78, 5) is 11.6. The van der Waals surface area contributed by atoms with Crippen molar-refractivity contribution in [1.82, 2.24) is 15.0 Å². The lowest BCUT2D eigenvalue weighted by Crippen LogP contribution is -2.06. The van der Waals surface area contributed by atoms with Crippen molar-refractivity contribution in [3.63, 3.8) is 0 Å². The topological polar surface area (TPSA) is 76.8 Å². The van der Waals surface area contributed by atoms with E-state index in [0.29, 0.717) is 18.1 Å². The van der Waals surface area contributed by atoms with Crippen LogP contribution in [-0.4, -0.2) is 21.6 Å². The number of nitrogens with zero attached hydrogens (tertiary/aromatic N) is 2. The number of aromatic amines is 1. The van der Waals surface area contributed by atoms with E-state index in [-0.39, 0.29) is 6.04 Å². The molecule has 0 radical (unpaired) electrons. The van der Waals surface area contributed by atoms with Crippen molar-refractivity contribution in [2.45, 2.75) is 19.9 Å². The highest BCUT2D eigenvalue weighted by Gasteiger charge is 2.08. The molecule has 5 nitrogen and oxygen atoms in total. The SMILES string of the molecule is CCOc1ccc2[nH]c(C(C)N)nc2n1. The number of pyridine rings is 1. The molecule has 0 amide bonds. The first-order chi connectivity index (χ1) is 7.20. The minimum Gasteiger partial charge on any atom is -0.478 e. The molecule has 5 heteroatoms. The van der Waals surface area contributed by atoms with E-state index in [4.69, 9.17) is 10.5 Å². The van der Waals surface area contributed by atoms with Gasteiger partial charge in [0, 0.05) is 6.07 Å². The summed E-state index contributed by atoms with van der Waals surface area (Å²) in [6.07, 6.45) is 0. The maximum absolute atomic E-state index is 5.72. The van der Waals surface area contributed by atoms with Gasteiger partial charge in [-0.15, -0.1) is 0 Å². The standard InChI is InChI=1S/C10H14N4O/c1-3-15-8-5-4-7-10(13-8)14-9(12-7)6(2)11/h4-6H,3,11H2,1-2H3,(H,12,13,14). The maximum Gasteiger partial charge on any atom is 0.215 e. The van der Waals surface area contributed by atoms with Gasteiger partial charge >= 0.3 is 0 Å². The van der Waals surface area contributed by atoms with E-state index in [1.165, 1.54) is 0 Å². The molecule has 3 N–H and O–H groups in total. The van der Waals surface area contributed by atoms with E-state index in [2.05, 4.69) is 15.0 Å². The molecule has 0 aliphatic heterocycles. The molecule has 2 rings (SSSR count). The second kappa shape index (κ2) is 3.86. The van der Waals surface area contributed by atoms with Crippen molar-refractivity contribution in [2.24, 2.45) is 5.73 Å². The fourth-order valence-corrected chi connectivity index (χ4v) is 1.34. The maximum atomic E-state index is 5.72. The third kappa shape index (κ3) is 1.92. The Bertz CT molecular complexity index is 463. The van der Waals surface area contributed by atoms with E-state index >= 15 is 0 Å². The van der Waals surface area contributed by atoms with Crippen LogP contribution in [0, 0.1) is 0 Å². The molecule has 0 aromatic carbocycles. The van der Waals surface area contributed by atoms with Crippen LogP contribution in [0.2, 0.25) is 0 Å². The number of nitrogens with two attached hydrogens (primary N) is 1. The van der Waals surface area contributed by atoms with Crippen LogP contribution < -0.4 is 10.5 Å². The summed E-state index contributed by atoms with van der Waals surface area (Å²) >= 11 is 0. The zero-order valence-electron chi connectivity index (χ0n) is 8.82. The quantitative estimate of drug-likeness (QED) is 0.795. The Morgan fingerprint density at radius 2 is 2.27 bits per heavy atom. The van der Waals surface area contributed by atoms with Crippen molar-refractivity contribution in [3.05, 3.63) is 18.0 Å². The Hall–Kier alpha value is -1.62. The van der Waals surface area contributed by atoms with Crippen molar-refractivity contribution >= 4 is 11.2 Å². The predicted molar refractivity (Wildman–Crippen MR) is 57.7 cm³/mol. The second-order valence-corrected chi connectivity index (χ2v) is 3.36. The molecule has 0 fully saturated rings. The molecule has 0 aliphatic carbocycles. The minimum absolute atomic E-state index is 0.116. The number of fused-ring (bicyclic) bond motifs is 1. The number of nitrogens with one attached hydrogen (secondary N) is 1. The Labute approximate surface area is 87.7 Å². The Morgan fingerprint density at radius 3 is 2.93 bits per heavy atom. The normalized spacial score (nSPS) is 13.0. The van der Waals surface area contributed by atoms with Gasteiger partial charge in [-0.25, -0.2) is 4.98 Å². The Kier molecular flexibility index (Phi) is 2.55. The van der Waals surface area contributed by atoms with Crippen LogP contribution in [0.25, 0.3) is 11.2 Å². The van der Waals surface area contributed by atoms with Crippen LogP contribution in [0.3, 0.4) is 0 Å². The first-order valence-electron chi connectivity index (χ1n) is 4.95. The molecule has 1 atom stereocenters. The highest BCUT2D eigenvalue weighted by molar-refractivity contribution is 5.71. The summed E-state index contributed by atoms with van der Waals surface area (Å²) in [7, 11) is 0. The van der Waals surface area contributed by atoms with Gasteiger partial charge in [-0.2, -0.15) is 4.98 Å². The highest BCUT2D eigenvalue weighted by atomic mass is 16.5. The number of ether oxygens (including phenoxy) is 1.